The van der Waals surface area contributed by atoms with Gasteiger partial charge in [0.15, 0.2) is 0 Å². The monoisotopic (exact) mass is 465 g/mol. The molecule has 3 aliphatic heterocycles. The van der Waals surface area contributed by atoms with Crippen molar-refractivity contribution in [3.05, 3.63) is 0 Å². The first-order valence-electron chi connectivity index (χ1n) is 13.1. The van der Waals surface area contributed by atoms with E-state index < -0.39 is 11.6 Å². The van der Waals surface area contributed by atoms with E-state index in [0.717, 1.165) is 51.4 Å². The molecular weight excluding hydrogens is 425 g/mol. The Morgan fingerprint density at radius 1 is 1.09 bits per heavy atom. The van der Waals surface area contributed by atoms with E-state index >= 15 is 0 Å². The van der Waals surface area contributed by atoms with Crippen LogP contribution in [0.1, 0.15) is 71.6 Å². The molecule has 5 rings (SSSR count). The molecule has 0 spiro atoms. The van der Waals surface area contributed by atoms with Crippen LogP contribution in [0.15, 0.2) is 0 Å². The Kier molecular flexibility index (Phi) is 6.60. The maximum absolute atomic E-state index is 14.3. The summed E-state index contributed by atoms with van der Waals surface area (Å²) in [5.41, 5.74) is -0.408. The molecule has 0 aromatic heterocycles. The Morgan fingerprint density at radius 2 is 1.82 bits per heavy atom. The van der Waals surface area contributed by atoms with E-state index in [0.29, 0.717) is 26.1 Å². The van der Waals surface area contributed by atoms with Crippen molar-refractivity contribution in [2.24, 2.45) is 11.3 Å². The summed E-state index contributed by atoms with van der Waals surface area (Å²) in [6.45, 7) is 6.25. The summed E-state index contributed by atoms with van der Waals surface area (Å²) in [5.74, 6) is 0.456. The van der Waals surface area contributed by atoms with Crippen molar-refractivity contribution in [3.63, 3.8) is 0 Å². The zero-order valence-electron chi connectivity index (χ0n) is 20.1. The Bertz CT molecular complexity index is 745. The normalized spacial score (nSPS) is 39.1. The van der Waals surface area contributed by atoms with E-state index in [1.54, 1.807) is 0 Å². The third-order valence-electron chi connectivity index (χ3n) is 9.12. The highest BCUT2D eigenvalue weighted by molar-refractivity contribution is 5.85. The van der Waals surface area contributed by atoms with Crippen molar-refractivity contribution in [1.29, 1.82) is 0 Å². The number of halogens is 1. The second-order valence-corrected chi connectivity index (χ2v) is 11.3. The van der Waals surface area contributed by atoms with Gasteiger partial charge < -0.3 is 24.6 Å². The maximum Gasteiger partial charge on any atom is 0.410 e. The summed E-state index contributed by atoms with van der Waals surface area (Å²) in [6.07, 6.45) is 7.16. The van der Waals surface area contributed by atoms with Crippen LogP contribution in [0, 0.1) is 11.3 Å². The number of carbonyl (C=O) groups excluding carboxylic acids is 2. The molecule has 2 saturated carbocycles. The molecule has 3 saturated heterocycles. The van der Waals surface area contributed by atoms with Gasteiger partial charge in [0.25, 0.3) is 0 Å². The number of nitrogens with one attached hydrogen (secondary N) is 1. The average molecular weight is 466 g/mol. The SMILES string of the molecule is CC(C)[C@]1(C(=O)N2C[C@@H]3C[C@H]2CN3C(=O)OC2CCCC2)CC[C@@H](NC2CCOCC2F)C1. The Balaban J connectivity index is 1.20. The molecule has 33 heavy (non-hydrogen) atoms. The fourth-order valence-electron chi connectivity index (χ4n) is 7.02. The number of hydrogen-bond donors (Lipinski definition) is 1. The Morgan fingerprint density at radius 3 is 2.48 bits per heavy atom. The van der Waals surface area contributed by atoms with Crippen LogP contribution in [-0.4, -0.2) is 84.5 Å². The maximum atomic E-state index is 14.3. The summed E-state index contributed by atoms with van der Waals surface area (Å²) in [7, 11) is 0. The largest absolute Gasteiger partial charge is 0.446 e. The number of piperazine rings is 1. The summed E-state index contributed by atoms with van der Waals surface area (Å²) in [6, 6.07) is 0.147. The summed E-state index contributed by atoms with van der Waals surface area (Å²) < 4.78 is 25.3. The third kappa shape index (κ3) is 4.38. The van der Waals surface area contributed by atoms with Gasteiger partial charge in [0, 0.05) is 31.8 Å². The number of carbonyl (C=O) groups is 2. The minimum Gasteiger partial charge on any atom is -0.446 e. The molecule has 2 aliphatic carbocycles. The van der Waals surface area contributed by atoms with Crippen LogP contribution in [0.2, 0.25) is 0 Å². The van der Waals surface area contributed by atoms with Gasteiger partial charge in [-0.2, -0.15) is 0 Å². The van der Waals surface area contributed by atoms with Gasteiger partial charge in [-0.05, 0) is 63.7 Å². The van der Waals surface area contributed by atoms with Crippen molar-refractivity contribution < 1.29 is 23.5 Å². The number of hydrogen-bond acceptors (Lipinski definition) is 5. The summed E-state index contributed by atoms with van der Waals surface area (Å²) in [4.78, 5) is 30.5. The molecule has 0 aromatic rings. The van der Waals surface area contributed by atoms with E-state index in [1.165, 1.54) is 0 Å². The van der Waals surface area contributed by atoms with Gasteiger partial charge in [0.05, 0.1) is 24.1 Å². The van der Waals surface area contributed by atoms with Gasteiger partial charge in [0.2, 0.25) is 5.91 Å². The Hall–Kier alpha value is -1.41. The fourth-order valence-corrected chi connectivity index (χ4v) is 7.02. The van der Waals surface area contributed by atoms with Crippen LogP contribution in [-0.2, 0) is 14.3 Å². The molecule has 2 bridgehead atoms. The van der Waals surface area contributed by atoms with Gasteiger partial charge in [0.1, 0.15) is 12.3 Å². The molecule has 5 aliphatic rings. The molecule has 0 aromatic carbocycles. The van der Waals surface area contributed by atoms with Gasteiger partial charge >= 0.3 is 6.09 Å². The zero-order valence-corrected chi connectivity index (χ0v) is 20.1. The highest BCUT2D eigenvalue weighted by atomic mass is 19.1. The number of likely N-dealkylation sites (tertiary alicyclic amines) is 2. The minimum atomic E-state index is -0.979. The third-order valence-corrected chi connectivity index (χ3v) is 9.12. The second kappa shape index (κ2) is 9.33. The van der Waals surface area contributed by atoms with Crippen LogP contribution in [0.25, 0.3) is 0 Å². The van der Waals surface area contributed by atoms with Gasteiger partial charge in [-0.3, -0.25) is 4.79 Å². The number of nitrogens with zero attached hydrogens (tertiary/aromatic N) is 2. The zero-order chi connectivity index (χ0) is 23.2. The lowest BCUT2D eigenvalue weighted by atomic mass is 9.74. The van der Waals surface area contributed by atoms with Crippen LogP contribution >= 0.6 is 0 Å². The molecular formula is C25H40FN3O4. The predicted octanol–water partition coefficient (Wildman–Crippen LogP) is 3.26. The van der Waals surface area contributed by atoms with Crippen molar-refractivity contribution >= 4 is 12.0 Å². The topological polar surface area (TPSA) is 71.1 Å². The molecule has 7 nitrogen and oxygen atoms in total. The first kappa shape index (κ1) is 23.3. The molecule has 6 atom stereocenters. The first-order chi connectivity index (χ1) is 15.9. The molecule has 3 heterocycles. The van der Waals surface area contributed by atoms with Crippen molar-refractivity contribution in [3.8, 4) is 0 Å². The number of rotatable bonds is 5. The summed E-state index contributed by atoms with van der Waals surface area (Å²) in [5, 5.41) is 3.52. The van der Waals surface area contributed by atoms with Gasteiger partial charge in [-0.1, -0.05) is 13.8 Å². The lowest BCUT2D eigenvalue weighted by molar-refractivity contribution is -0.147. The molecule has 5 fully saturated rings. The first-order valence-corrected chi connectivity index (χ1v) is 13.1. The van der Waals surface area contributed by atoms with Gasteiger partial charge in [-0.15, -0.1) is 0 Å². The smallest absolute Gasteiger partial charge is 0.410 e. The molecule has 186 valence electrons. The van der Waals surface area contributed by atoms with Crippen LogP contribution in [0.3, 0.4) is 0 Å². The van der Waals surface area contributed by atoms with Crippen LogP contribution in [0.4, 0.5) is 9.18 Å². The van der Waals surface area contributed by atoms with Crippen molar-refractivity contribution in [2.75, 3.05) is 26.3 Å². The van der Waals surface area contributed by atoms with Crippen molar-refractivity contribution in [1.82, 2.24) is 15.1 Å². The van der Waals surface area contributed by atoms with Crippen LogP contribution < -0.4 is 5.32 Å². The number of amides is 2. The predicted molar refractivity (Wildman–Crippen MR) is 122 cm³/mol. The quantitative estimate of drug-likeness (QED) is 0.675. The number of fused-ring (bicyclic) bond motifs is 2. The van der Waals surface area contributed by atoms with E-state index in [1.807, 2.05) is 4.90 Å². The highest BCUT2D eigenvalue weighted by Crippen LogP contribution is 2.48. The number of ether oxygens (including phenoxy) is 2. The lowest BCUT2D eigenvalue weighted by Gasteiger charge is -2.41. The van der Waals surface area contributed by atoms with Crippen LogP contribution in [0.5, 0.6) is 0 Å². The fraction of sp³-hybridized carbons (Fsp3) is 0.920. The highest BCUT2D eigenvalue weighted by Gasteiger charge is 2.55. The Labute approximate surface area is 196 Å². The molecule has 8 heteroatoms. The molecule has 2 unspecified atom stereocenters. The average Bonchev–Trinajstić information content (AvgIpc) is 3.59. The molecule has 0 radical (unpaired) electrons. The second-order valence-electron chi connectivity index (χ2n) is 11.3. The summed E-state index contributed by atoms with van der Waals surface area (Å²) >= 11 is 0. The van der Waals surface area contributed by atoms with E-state index in [4.69, 9.17) is 9.47 Å². The lowest BCUT2D eigenvalue weighted by Crippen LogP contribution is -2.55. The molecule has 1 N–H and O–H groups in total. The van der Waals surface area contributed by atoms with Crippen molar-refractivity contribution in [2.45, 2.75) is 108 Å². The standard InChI is InChI=1S/C25H40FN3O4/c1-16(2)25(9-7-17(12-25)27-22-8-10-32-15-21(22)26)23(30)28-13-19-11-18(28)14-29(19)24(31)33-20-5-3-4-6-20/h16-22,27H,3-15H2,1-2H3/t17-,18+,19+,21?,22?,25+/m1/s1. The number of alkyl halides is 1. The van der Waals surface area contributed by atoms with Gasteiger partial charge in [-0.25, -0.2) is 9.18 Å². The van der Waals surface area contributed by atoms with E-state index in [9.17, 15) is 14.0 Å². The molecule has 2 amide bonds. The van der Waals surface area contributed by atoms with E-state index in [-0.39, 0.29) is 54.8 Å². The van der Waals surface area contributed by atoms with E-state index in [2.05, 4.69) is 24.1 Å². The minimum absolute atomic E-state index is 0.0705.